The molecule has 2 aromatic rings. The van der Waals surface area contributed by atoms with Crippen LogP contribution in [0.4, 0.5) is 0 Å². The van der Waals surface area contributed by atoms with Crippen LogP contribution in [0.2, 0.25) is 5.02 Å². The molecule has 0 aliphatic carbocycles. The normalized spacial score (nSPS) is 10.4. The van der Waals surface area contributed by atoms with Crippen molar-refractivity contribution in [2.24, 2.45) is 0 Å². The topological polar surface area (TPSA) is 44.0 Å². The molecule has 0 radical (unpaired) electrons. The molecule has 0 unspecified atom stereocenters. The second-order valence-corrected chi connectivity index (χ2v) is 4.14. The maximum absolute atomic E-state index is 9.17. The van der Waals surface area contributed by atoms with Gasteiger partial charge in [0.1, 0.15) is 0 Å². The van der Waals surface area contributed by atoms with E-state index in [4.69, 9.17) is 22.0 Å². The SMILES string of the molecule is N#Cc1cc(Cl)c2sccc2c1CO. The van der Waals surface area contributed by atoms with Gasteiger partial charge in [0.25, 0.3) is 0 Å². The van der Waals surface area contributed by atoms with Gasteiger partial charge in [0, 0.05) is 10.9 Å². The van der Waals surface area contributed by atoms with E-state index in [0.717, 1.165) is 10.1 Å². The molecule has 1 aromatic heterocycles. The molecular weight excluding hydrogens is 218 g/mol. The van der Waals surface area contributed by atoms with Crippen molar-refractivity contribution in [3.05, 3.63) is 33.7 Å². The number of benzene rings is 1. The lowest BCUT2D eigenvalue weighted by molar-refractivity contribution is 0.283. The van der Waals surface area contributed by atoms with Crippen molar-refractivity contribution >= 4 is 33.0 Å². The molecule has 1 N–H and O–H groups in total. The molecule has 4 heteroatoms. The average molecular weight is 224 g/mol. The zero-order valence-electron chi connectivity index (χ0n) is 7.12. The van der Waals surface area contributed by atoms with Crippen LogP contribution in [0.5, 0.6) is 0 Å². The number of fused-ring (bicyclic) bond motifs is 1. The third kappa shape index (κ3) is 1.28. The fraction of sp³-hybridized carbons (Fsp3) is 0.100. The van der Waals surface area contributed by atoms with Gasteiger partial charge >= 0.3 is 0 Å². The van der Waals surface area contributed by atoms with Crippen molar-refractivity contribution in [3.63, 3.8) is 0 Å². The van der Waals surface area contributed by atoms with Crippen LogP contribution >= 0.6 is 22.9 Å². The molecule has 0 saturated heterocycles. The summed E-state index contributed by atoms with van der Waals surface area (Å²) in [6.45, 7) is -0.132. The maximum atomic E-state index is 9.17. The van der Waals surface area contributed by atoms with Crippen molar-refractivity contribution < 1.29 is 5.11 Å². The summed E-state index contributed by atoms with van der Waals surface area (Å²) in [7, 11) is 0. The highest BCUT2D eigenvalue weighted by atomic mass is 35.5. The molecule has 0 spiro atoms. The molecular formula is C10H6ClNOS. The Morgan fingerprint density at radius 2 is 2.36 bits per heavy atom. The summed E-state index contributed by atoms with van der Waals surface area (Å²) in [4.78, 5) is 0. The van der Waals surface area contributed by atoms with Crippen molar-refractivity contribution in [2.75, 3.05) is 0 Å². The first kappa shape index (κ1) is 9.47. The van der Waals surface area contributed by atoms with Crippen LogP contribution < -0.4 is 0 Å². The maximum Gasteiger partial charge on any atom is 0.0996 e. The number of hydrogen-bond donors (Lipinski definition) is 1. The Hall–Kier alpha value is -1.08. The van der Waals surface area contributed by atoms with Crippen LogP contribution in [0.3, 0.4) is 0 Å². The number of aliphatic hydroxyl groups excluding tert-OH is 1. The van der Waals surface area contributed by atoms with Crippen molar-refractivity contribution in [1.29, 1.82) is 5.26 Å². The minimum atomic E-state index is -0.132. The number of nitrogens with zero attached hydrogens (tertiary/aromatic N) is 1. The fourth-order valence-corrected chi connectivity index (χ4v) is 2.60. The van der Waals surface area contributed by atoms with Gasteiger partial charge < -0.3 is 5.11 Å². The van der Waals surface area contributed by atoms with Crippen LogP contribution in [-0.2, 0) is 6.61 Å². The van der Waals surface area contributed by atoms with E-state index in [1.807, 2.05) is 17.5 Å². The van der Waals surface area contributed by atoms with E-state index in [0.29, 0.717) is 16.1 Å². The van der Waals surface area contributed by atoms with E-state index < -0.39 is 0 Å². The van der Waals surface area contributed by atoms with Crippen molar-refractivity contribution in [2.45, 2.75) is 6.61 Å². The molecule has 0 fully saturated rings. The molecule has 0 amide bonds. The summed E-state index contributed by atoms with van der Waals surface area (Å²) in [6, 6.07) is 5.51. The lowest BCUT2D eigenvalue weighted by Gasteiger charge is -2.03. The quantitative estimate of drug-likeness (QED) is 0.808. The zero-order valence-corrected chi connectivity index (χ0v) is 8.69. The van der Waals surface area contributed by atoms with Crippen LogP contribution in [0.25, 0.3) is 10.1 Å². The first-order chi connectivity index (χ1) is 6.77. The third-order valence-electron chi connectivity index (χ3n) is 2.08. The minimum absolute atomic E-state index is 0.132. The molecule has 70 valence electrons. The Bertz CT molecular complexity index is 527. The fourth-order valence-electron chi connectivity index (χ4n) is 1.43. The van der Waals surface area contributed by atoms with E-state index >= 15 is 0 Å². The van der Waals surface area contributed by atoms with Crippen LogP contribution in [-0.4, -0.2) is 5.11 Å². The summed E-state index contributed by atoms with van der Waals surface area (Å²) >= 11 is 7.50. The molecule has 14 heavy (non-hydrogen) atoms. The second kappa shape index (κ2) is 3.58. The summed E-state index contributed by atoms with van der Waals surface area (Å²) in [5.74, 6) is 0. The number of nitriles is 1. The van der Waals surface area contributed by atoms with E-state index in [1.54, 1.807) is 6.07 Å². The van der Waals surface area contributed by atoms with Gasteiger partial charge in [-0.05, 0) is 17.5 Å². The molecule has 0 saturated carbocycles. The Kier molecular flexibility index (Phi) is 2.42. The van der Waals surface area contributed by atoms with E-state index in [-0.39, 0.29) is 6.61 Å². The third-order valence-corrected chi connectivity index (χ3v) is 3.44. The predicted octanol–water partition coefficient (Wildman–Crippen LogP) is 2.92. The highest BCUT2D eigenvalue weighted by Crippen LogP contribution is 2.33. The number of aliphatic hydroxyl groups is 1. The first-order valence-corrected chi connectivity index (χ1v) is 5.23. The molecule has 1 aromatic carbocycles. The summed E-state index contributed by atoms with van der Waals surface area (Å²) in [6.07, 6.45) is 0. The smallest absolute Gasteiger partial charge is 0.0996 e. The van der Waals surface area contributed by atoms with Gasteiger partial charge in [0.15, 0.2) is 0 Å². The van der Waals surface area contributed by atoms with Gasteiger partial charge in [0.05, 0.1) is 28.0 Å². The van der Waals surface area contributed by atoms with Crippen molar-refractivity contribution in [1.82, 2.24) is 0 Å². The zero-order chi connectivity index (χ0) is 10.1. The van der Waals surface area contributed by atoms with Crippen LogP contribution in [0.1, 0.15) is 11.1 Å². The molecule has 0 aliphatic rings. The molecule has 0 bridgehead atoms. The Morgan fingerprint density at radius 3 is 3.00 bits per heavy atom. The largest absolute Gasteiger partial charge is 0.392 e. The summed E-state index contributed by atoms with van der Waals surface area (Å²) in [5.41, 5.74) is 1.11. The predicted molar refractivity (Wildman–Crippen MR) is 57.5 cm³/mol. The summed E-state index contributed by atoms with van der Waals surface area (Å²) in [5, 5.41) is 21.4. The van der Waals surface area contributed by atoms with Gasteiger partial charge in [-0.15, -0.1) is 11.3 Å². The van der Waals surface area contributed by atoms with Crippen LogP contribution in [0, 0.1) is 11.3 Å². The molecule has 0 aliphatic heterocycles. The highest BCUT2D eigenvalue weighted by molar-refractivity contribution is 7.17. The second-order valence-electron chi connectivity index (χ2n) is 2.82. The average Bonchev–Trinajstić information content (AvgIpc) is 2.66. The van der Waals surface area contributed by atoms with Gasteiger partial charge in [-0.25, -0.2) is 0 Å². The van der Waals surface area contributed by atoms with Crippen molar-refractivity contribution in [3.8, 4) is 6.07 Å². The molecule has 2 nitrogen and oxygen atoms in total. The summed E-state index contributed by atoms with van der Waals surface area (Å²) < 4.78 is 0.926. The number of thiophene rings is 1. The number of rotatable bonds is 1. The number of hydrogen-bond acceptors (Lipinski definition) is 3. The van der Waals surface area contributed by atoms with E-state index in [2.05, 4.69) is 0 Å². The minimum Gasteiger partial charge on any atom is -0.392 e. The number of halogens is 1. The monoisotopic (exact) mass is 223 g/mol. The Morgan fingerprint density at radius 1 is 1.57 bits per heavy atom. The lowest BCUT2D eigenvalue weighted by atomic mass is 10.1. The highest BCUT2D eigenvalue weighted by Gasteiger charge is 2.10. The first-order valence-electron chi connectivity index (χ1n) is 3.97. The van der Waals surface area contributed by atoms with Gasteiger partial charge in [0.2, 0.25) is 0 Å². The van der Waals surface area contributed by atoms with Gasteiger partial charge in [-0.1, -0.05) is 11.6 Å². The van der Waals surface area contributed by atoms with Crippen LogP contribution in [0.15, 0.2) is 17.5 Å². The van der Waals surface area contributed by atoms with E-state index in [1.165, 1.54) is 11.3 Å². The van der Waals surface area contributed by atoms with Gasteiger partial charge in [-0.3, -0.25) is 0 Å². The lowest BCUT2D eigenvalue weighted by Crippen LogP contribution is -1.90. The Balaban J connectivity index is 2.90. The van der Waals surface area contributed by atoms with Gasteiger partial charge in [-0.2, -0.15) is 5.26 Å². The molecule has 0 atom stereocenters. The Labute approximate surface area is 90.0 Å². The van der Waals surface area contributed by atoms with E-state index in [9.17, 15) is 0 Å². The molecule has 2 rings (SSSR count). The molecule has 1 heterocycles. The standard InChI is InChI=1S/C10H6ClNOS/c11-9-3-6(4-12)8(5-13)7-1-2-14-10(7)9/h1-3,13H,5H2.